The van der Waals surface area contributed by atoms with E-state index in [4.69, 9.17) is 14.4 Å². The van der Waals surface area contributed by atoms with Crippen LogP contribution in [0, 0.1) is 11.3 Å². The molecule has 1 heterocycles. The molecule has 0 aliphatic heterocycles. The number of furan rings is 1. The molecule has 2 rings (SSSR count). The third-order valence-corrected chi connectivity index (χ3v) is 1.90. The van der Waals surface area contributed by atoms with Crippen LogP contribution in [0.4, 0.5) is 0 Å². The van der Waals surface area contributed by atoms with E-state index >= 15 is 0 Å². The molecule has 64 valence electrons. The monoisotopic (exact) mass is 173 g/mol. The lowest BCUT2D eigenvalue weighted by atomic mass is 10.2. The molecular formula is C10H7NO2. The summed E-state index contributed by atoms with van der Waals surface area (Å²) in [6.45, 7) is 0. The second-order valence-electron chi connectivity index (χ2n) is 2.59. The van der Waals surface area contributed by atoms with Crippen molar-refractivity contribution in [3.8, 4) is 11.8 Å². The van der Waals surface area contributed by atoms with Crippen LogP contribution in [0.2, 0.25) is 0 Å². The Bertz CT molecular complexity index is 479. The summed E-state index contributed by atoms with van der Waals surface area (Å²) < 4.78 is 10.3. The SMILES string of the molecule is COc1cccc2occ(C#N)c12. The highest BCUT2D eigenvalue weighted by Gasteiger charge is 2.09. The van der Waals surface area contributed by atoms with Gasteiger partial charge in [0.15, 0.2) is 0 Å². The van der Waals surface area contributed by atoms with E-state index in [1.807, 2.05) is 6.07 Å². The van der Waals surface area contributed by atoms with Gasteiger partial charge in [0.25, 0.3) is 0 Å². The molecular weight excluding hydrogens is 166 g/mol. The molecule has 0 fully saturated rings. The Balaban J connectivity index is 2.85. The van der Waals surface area contributed by atoms with E-state index in [1.54, 1.807) is 19.2 Å². The lowest BCUT2D eigenvalue weighted by Gasteiger charge is -1.99. The summed E-state index contributed by atoms with van der Waals surface area (Å²) in [4.78, 5) is 0. The van der Waals surface area contributed by atoms with E-state index < -0.39 is 0 Å². The highest BCUT2D eigenvalue weighted by atomic mass is 16.5. The zero-order valence-electron chi connectivity index (χ0n) is 7.07. The van der Waals surface area contributed by atoms with Gasteiger partial charge in [-0.15, -0.1) is 0 Å². The van der Waals surface area contributed by atoms with Gasteiger partial charge in [-0.1, -0.05) is 6.07 Å². The van der Waals surface area contributed by atoms with E-state index in [9.17, 15) is 0 Å². The first-order valence-corrected chi connectivity index (χ1v) is 3.81. The predicted octanol–water partition coefficient (Wildman–Crippen LogP) is 2.31. The van der Waals surface area contributed by atoms with E-state index in [0.29, 0.717) is 16.9 Å². The molecule has 0 aliphatic rings. The second-order valence-corrected chi connectivity index (χ2v) is 2.59. The third-order valence-electron chi connectivity index (χ3n) is 1.90. The predicted molar refractivity (Wildman–Crippen MR) is 47.5 cm³/mol. The third kappa shape index (κ3) is 1.04. The van der Waals surface area contributed by atoms with Gasteiger partial charge in [-0.2, -0.15) is 5.26 Å². The summed E-state index contributed by atoms with van der Waals surface area (Å²) in [5, 5.41) is 9.52. The van der Waals surface area contributed by atoms with Crippen LogP contribution in [-0.2, 0) is 0 Å². The second kappa shape index (κ2) is 2.83. The van der Waals surface area contributed by atoms with Gasteiger partial charge < -0.3 is 9.15 Å². The summed E-state index contributed by atoms with van der Waals surface area (Å²) in [7, 11) is 1.57. The highest BCUT2D eigenvalue weighted by Crippen LogP contribution is 2.29. The van der Waals surface area contributed by atoms with Gasteiger partial charge >= 0.3 is 0 Å². The number of hydrogen-bond acceptors (Lipinski definition) is 3. The Kier molecular flexibility index (Phi) is 1.67. The van der Waals surface area contributed by atoms with E-state index in [0.717, 1.165) is 5.39 Å². The fourth-order valence-electron chi connectivity index (χ4n) is 1.31. The fourth-order valence-corrected chi connectivity index (χ4v) is 1.31. The maximum absolute atomic E-state index is 8.78. The number of nitriles is 1. The Hall–Kier alpha value is -1.95. The molecule has 0 radical (unpaired) electrons. The highest BCUT2D eigenvalue weighted by molar-refractivity contribution is 5.89. The van der Waals surface area contributed by atoms with Crippen LogP contribution in [0.1, 0.15) is 5.56 Å². The van der Waals surface area contributed by atoms with Crippen molar-refractivity contribution in [2.45, 2.75) is 0 Å². The van der Waals surface area contributed by atoms with Crippen LogP contribution in [0.3, 0.4) is 0 Å². The van der Waals surface area contributed by atoms with Gasteiger partial charge in [0, 0.05) is 0 Å². The smallest absolute Gasteiger partial charge is 0.139 e. The van der Waals surface area contributed by atoms with Gasteiger partial charge in [-0.25, -0.2) is 0 Å². The lowest BCUT2D eigenvalue weighted by molar-refractivity contribution is 0.419. The average Bonchev–Trinajstić information content (AvgIpc) is 2.60. The van der Waals surface area contributed by atoms with Crippen molar-refractivity contribution in [2.24, 2.45) is 0 Å². The molecule has 2 aromatic rings. The van der Waals surface area contributed by atoms with Crippen molar-refractivity contribution in [1.82, 2.24) is 0 Å². The molecule has 0 saturated heterocycles. The number of nitrogens with zero attached hydrogens (tertiary/aromatic N) is 1. The molecule has 0 bridgehead atoms. The molecule has 1 aromatic heterocycles. The summed E-state index contributed by atoms with van der Waals surface area (Å²) in [6.07, 6.45) is 1.44. The lowest BCUT2D eigenvalue weighted by Crippen LogP contribution is -1.83. The summed E-state index contributed by atoms with van der Waals surface area (Å²) in [6, 6.07) is 7.48. The molecule has 0 unspecified atom stereocenters. The van der Waals surface area contributed by atoms with Crippen LogP contribution in [-0.4, -0.2) is 7.11 Å². The van der Waals surface area contributed by atoms with E-state index in [-0.39, 0.29) is 0 Å². The largest absolute Gasteiger partial charge is 0.496 e. The fraction of sp³-hybridized carbons (Fsp3) is 0.100. The van der Waals surface area contributed by atoms with E-state index in [2.05, 4.69) is 6.07 Å². The molecule has 0 atom stereocenters. The molecule has 1 aromatic carbocycles. The quantitative estimate of drug-likeness (QED) is 0.664. The van der Waals surface area contributed by atoms with Crippen molar-refractivity contribution in [2.75, 3.05) is 7.11 Å². The number of fused-ring (bicyclic) bond motifs is 1. The van der Waals surface area contributed by atoms with Crippen LogP contribution in [0.15, 0.2) is 28.9 Å². The molecule has 0 aliphatic carbocycles. The first-order chi connectivity index (χ1) is 6.36. The van der Waals surface area contributed by atoms with Crippen molar-refractivity contribution in [1.29, 1.82) is 5.26 Å². The standard InChI is InChI=1S/C10H7NO2/c1-12-8-3-2-4-9-10(8)7(5-11)6-13-9/h2-4,6H,1H3. The first-order valence-electron chi connectivity index (χ1n) is 3.81. The van der Waals surface area contributed by atoms with Gasteiger partial charge in [0.05, 0.1) is 12.5 Å². The normalized spacial score (nSPS) is 9.85. The minimum atomic E-state index is 0.507. The van der Waals surface area contributed by atoms with Crippen LogP contribution in [0.5, 0.6) is 5.75 Å². The van der Waals surface area contributed by atoms with E-state index in [1.165, 1.54) is 6.26 Å². The zero-order valence-corrected chi connectivity index (χ0v) is 7.07. The Labute approximate surface area is 75.1 Å². The van der Waals surface area contributed by atoms with Crippen LogP contribution < -0.4 is 4.74 Å². The van der Waals surface area contributed by atoms with Crippen molar-refractivity contribution in [3.63, 3.8) is 0 Å². The topological polar surface area (TPSA) is 46.2 Å². The Morgan fingerprint density at radius 1 is 1.46 bits per heavy atom. The number of rotatable bonds is 1. The molecule has 3 nitrogen and oxygen atoms in total. The Morgan fingerprint density at radius 2 is 2.31 bits per heavy atom. The van der Waals surface area contributed by atoms with Gasteiger partial charge in [0.1, 0.15) is 29.2 Å². The van der Waals surface area contributed by atoms with Gasteiger partial charge in [0.2, 0.25) is 0 Å². The molecule has 13 heavy (non-hydrogen) atoms. The molecule has 3 heteroatoms. The van der Waals surface area contributed by atoms with Crippen LogP contribution >= 0.6 is 0 Å². The van der Waals surface area contributed by atoms with Gasteiger partial charge in [-0.05, 0) is 12.1 Å². The summed E-state index contributed by atoms with van der Waals surface area (Å²) >= 11 is 0. The maximum atomic E-state index is 8.78. The molecule has 0 N–H and O–H groups in total. The maximum Gasteiger partial charge on any atom is 0.139 e. The van der Waals surface area contributed by atoms with Crippen molar-refractivity contribution in [3.05, 3.63) is 30.0 Å². The number of ether oxygens (including phenoxy) is 1. The van der Waals surface area contributed by atoms with Gasteiger partial charge in [-0.3, -0.25) is 0 Å². The number of hydrogen-bond donors (Lipinski definition) is 0. The minimum Gasteiger partial charge on any atom is -0.496 e. The zero-order chi connectivity index (χ0) is 9.26. The minimum absolute atomic E-state index is 0.507. The number of benzene rings is 1. The van der Waals surface area contributed by atoms with Crippen molar-refractivity contribution < 1.29 is 9.15 Å². The molecule has 0 saturated carbocycles. The number of methoxy groups -OCH3 is 1. The Morgan fingerprint density at radius 3 is 3.00 bits per heavy atom. The molecule has 0 spiro atoms. The molecule has 0 amide bonds. The van der Waals surface area contributed by atoms with Crippen molar-refractivity contribution >= 4 is 11.0 Å². The summed E-state index contributed by atoms with van der Waals surface area (Å²) in [5.41, 5.74) is 1.18. The average molecular weight is 173 g/mol. The van der Waals surface area contributed by atoms with Crippen LogP contribution in [0.25, 0.3) is 11.0 Å². The first kappa shape index (κ1) is 7.69. The summed E-state index contributed by atoms with van der Waals surface area (Å²) in [5.74, 6) is 0.669.